The fourth-order valence-corrected chi connectivity index (χ4v) is 5.75. The summed E-state index contributed by atoms with van der Waals surface area (Å²) in [5.41, 5.74) is -2.21. The molecule has 0 aromatic carbocycles. The lowest BCUT2D eigenvalue weighted by Gasteiger charge is -2.25. The Hall–Kier alpha value is 0.407. The largest absolute Gasteiger partial charge is 0.415 e. The van der Waals surface area contributed by atoms with E-state index in [0.717, 1.165) is 45.3 Å². The van der Waals surface area contributed by atoms with Crippen molar-refractivity contribution in [3.05, 3.63) is 0 Å². The van der Waals surface area contributed by atoms with Crippen LogP contribution in [0.4, 0.5) is 4.79 Å². The molecule has 1 saturated heterocycles. The molecule has 0 saturated carbocycles. The molecular weight excluding hydrogens is 368 g/mol. The SMILES string of the molecule is CCCCC(CCN1CCNC1=O)[Si](O)(Br)Br. The van der Waals surface area contributed by atoms with E-state index in [1.807, 2.05) is 4.90 Å². The zero-order chi connectivity index (χ0) is 12.9. The first kappa shape index (κ1) is 15.5. The minimum absolute atomic E-state index is 0.0218. The first-order valence-corrected chi connectivity index (χ1v) is 12.6. The second-order valence-electron chi connectivity index (χ2n) is 4.43. The van der Waals surface area contributed by atoms with Crippen LogP contribution in [0, 0.1) is 0 Å². The molecule has 2 amide bonds. The lowest BCUT2D eigenvalue weighted by molar-refractivity contribution is 0.216. The van der Waals surface area contributed by atoms with Crippen molar-refractivity contribution >= 4 is 42.2 Å². The summed E-state index contributed by atoms with van der Waals surface area (Å²) in [6.45, 7) is 4.40. The highest BCUT2D eigenvalue weighted by Crippen LogP contribution is 2.37. The fourth-order valence-electron chi connectivity index (χ4n) is 1.98. The molecule has 4 nitrogen and oxygen atoms in total. The van der Waals surface area contributed by atoms with Crippen molar-refractivity contribution in [1.29, 1.82) is 0 Å². The number of urea groups is 1. The maximum Gasteiger partial charge on any atom is 0.336 e. The van der Waals surface area contributed by atoms with E-state index in [0.29, 0.717) is 0 Å². The third kappa shape index (κ3) is 5.28. The molecule has 1 fully saturated rings. The van der Waals surface area contributed by atoms with E-state index < -0.39 is 5.56 Å². The van der Waals surface area contributed by atoms with Crippen molar-refractivity contribution < 1.29 is 9.59 Å². The van der Waals surface area contributed by atoms with Gasteiger partial charge in [-0.2, -0.15) is 0 Å². The van der Waals surface area contributed by atoms with E-state index in [2.05, 4.69) is 42.8 Å². The van der Waals surface area contributed by atoms with Gasteiger partial charge in [-0.1, -0.05) is 50.4 Å². The van der Waals surface area contributed by atoms with Crippen LogP contribution in [0.3, 0.4) is 0 Å². The Morgan fingerprint density at radius 1 is 1.53 bits per heavy atom. The maximum atomic E-state index is 11.4. The fraction of sp³-hybridized carbons (Fsp3) is 0.900. The van der Waals surface area contributed by atoms with Gasteiger partial charge in [0.25, 0.3) is 0 Å². The highest BCUT2D eigenvalue weighted by atomic mass is 79.9. The Balaban J connectivity index is 2.40. The third-order valence-corrected chi connectivity index (χ3v) is 8.53. The van der Waals surface area contributed by atoms with Crippen LogP contribution < -0.4 is 5.32 Å². The smallest absolute Gasteiger partial charge is 0.336 e. The molecule has 2 N–H and O–H groups in total. The second kappa shape index (κ2) is 7.11. The molecule has 17 heavy (non-hydrogen) atoms. The van der Waals surface area contributed by atoms with Gasteiger partial charge >= 0.3 is 11.6 Å². The molecule has 0 spiro atoms. The zero-order valence-corrected chi connectivity index (χ0v) is 14.3. The van der Waals surface area contributed by atoms with Crippen molar-refractivity contribution in [2.45, 2.75) is 38.1 Å². The van der Waals surface area contributed by atoms with Crippen molar-refractivity contribution in [2.24, 2.45) is 0 Å². The molecule has 1 aliphatic rings. The van der Waals surface area contributed by atoms with Crippen LogP contribution in [0.1, 0.15) is 32.6 Å². The average molecular weight is 388 g/mol. The first-order valence-electron chi connectivity index (χ1n) is 6.08. The number of carbonyl (C=O) groups excluding carboxylic acids is 1. The standard InChI is InChI=1S/C10H20Br2N2O2Si/c1-2-3-4-9(17(11,12)16)5-7-14-8-6-13-10(14)15/h9,16H,2-8H2,1H3,(H,13,15). The van der Waals surface area contributed by atoms with Gasteiger partial charge < -0.3 is 15.0 Å². The van der Waals surface area contributed by atoms with E-state index in [4.69, 9.17) is 0 Å². The number of amides is 2. The number of hydrogen-bond acceptors (Lipinski definition) is 2. The number of unbranched alkanes of at least 4 members (excludes halogenated alkanes) is 1. The van der Waals surface area contributed by atoms with E-state index >= 15 is 0 Å². The maximum absolute atomic E-state index is 11.4. The molecule has 7 heteroatoms. The summed E-state index contributed by atoms with van der Waals surface area (Å²) in [6, 6.07) is 0.0218. The summed E-state index contributed by atoms with van der Waals surface area (Å²) in [5.74, 6) is 0. The van der Waals surface area contributed by atoms with E-state index in [1.54, 1.807) is 0 Å². The van der Waals surface area contributed by atoms with Gasteiger partial charge in [0, 0.05) is 19.6 Å². The molecular formula is C10H20Br2N2O2Si. The molecule has 100 valence electrons. The van der Waals surface area contributed by atoms with Gasteiger partial charge in [-0.15, -0.1) is 0 Å². The molecule has 1 atom stereocenters. The molecule has 0 aromatic rings. The molecule has 1 aliphatic heterocycles. The predicted molar refractivity (Wildman–Crippen MR) is 78.7 cm³/mol. The molecule has 1 heterocycles. The van der Waals surface area contributed by atoms with Gasteiger partial charge in [0.05, 0.1) is 0 Å². The first-order chi connectivity index (χ1) is 7.95. The van der Waals surface area contributed by atoms with Gasteiger partial charge in [0.1, 0.15) is 0 Å². The number of nitrogens with one attached hydrogen (secondary N) is 1. The van der Waals surface area contributed by atoms with Crippen molar-refractivity contribution in [1.82, 2.24) is 10.2 Å². The molecule has 0 radical (unpaired) electrons. The van der Waals surface area contributed by atoms with Gasteiger partial charge in [-0.25, -0.2) is 4.79 Å². The lowest BCUT2D eigenvalue weighted by atomic mass is 10.1. The van der Waals surface area contributed by atoms with Crippen LogP contribution in [0.5, 0.6) is 0 Å². The monoisotopic (exact) mass is 386 g/mol. The predicted octanol–water partition coefficient (Wildman–Crippen LogP) is 2.68. The summed E-state index contributed by atoms with van der Waals surface area (Å²) in [6.07, 6.45) is 4.10. The van der Waals surface area contributed by atoms with Crippen LogP contribution in [0.15, 0.2) is 0 Å². The number of hydrogen-bond donors (Lipinski definition) is 2. The topological polar surface area (TPSA) is 52.6 Å². The minimum atomic E-state index is -2.45. The van der Waals surface area contributed by atoms with E-state index in [9.17, 15) is 9.59 Å². The summed E-state index contributed by atoms with van der Waals surface area (Å²) >= 11 is 6.78. The number of halogens is 2. The van der Waals surface area contributed by atoms with E-state index in [-0.39, 0.29) is 11.6 Å². The van der Waals surface area contributed by atoms with Crippen LogP contribution in [0.25, 0.3) is 0 Å². The number of nitrogens with zero attached hydrogens (tertiary/aromatic N) is 1. The third-order valence-electron chi connectivity index (χ3n) is 3.09. The molecule has 0 bridgehead atoms. The quantitative estimate of drug-likeness (QED) is 0.521. The Bertz CT molecular complexity index is 261. The molecule has 1 unspecified atom stereocenters. The van der Waals surface area contributed by atoms with Gasteiger partial charge in [-0.3, -0.25) is 0 Å². The molecule has 0 aromatic heterocycles. The van der Waals surface area contributed by atoms with Crippen molar-refractivity contribution in [3.63, 3.8) is 0 Å². The highest BCUT2D eigenvalue weighted by molar-refractivity contribution is 9.50. The van der Waals surface area contributed by atoms with Gasteiger partial charge in [0.2, 0.25) is 0 Å². The zero-order valence-electron chi connectivity index (χ0n) is 10.1. The Morgan fingerprint density at radius 3 is 2.71 bits per heavy atom. The van der Waals surface area contributed by atoms with E-state index in [1.165, 1.54) is 0 Å². The average Bonchev–Trinajstić information content (AvgIpc) is 2.62. The van der Waals surface area contributed by atoms with Gasteiger partial charge in [0.15, 0.2) is 0 Å². The lowest BCUT2D eigenvalue weighted by Crippen LogP contribution is -2.33. The summed E-state index contributed by atoms with van der Waals surface area (Å²) in [5, 5.41) is 2.79. The Morgan fingerprint density at radius 2 is 2.24 bits per heavy atom. The normalized spacial score (nSPS) is 18.4. The van der Waals surface area contributed by atoms with Crippen LogP contribution in [0.2, 0.25) is 5.54 Å². The van der Waals surface area contributed by atoms with Crippen LogP contribution in [-0.2, 0) is 0 Å². The Kier molecular flexibility index (Phi) is 6.47. The number of carbonyl (C=O) groups is 1. The van der Waals surface area contributed by atoms with Gasteiger partial charge in [-0.05, 0) is 18.4 Å². The minimum Gasteiger partial charge on any atom is -0.415 e. The van der Waals surface area contributed by atoms with Crippen LogP contribution >= 0.6 is 30.6 Å². The summed E-state index contributed by atoms with van der Waals surface area (Å²) in [7, 11) is 0. The molecule has 0 aliphatic carbocycles. The Labute approximate surface area is 119 Å². The highest BCUT2D eigenvalue weighted by Gasteiger charge is 2.35. The van der Waals surface area contributed by atoms with Crippen molar-refractivity contribution in [2.75, 3.05) is 19.6 Å². The second-order valence-corrected chi connectivity index (χ2v) is 16.9. The van der Waals surface area contributed by atoms with Crippen LogP contribution in [-0.4, -0.2) is 40.9 Å². The summed E-state index contributed by atoms with van der Waals surface area (Å²) < 4.78 is 0. The van der Waals surface area contributed by atoms with Crippen molar-refractivity contribution in [3.8, 4) is 0 Å². The summed E-state index contributed by atoms with van der Waals surface area (Å²) in [4.78, 5) is 23.3. The number of rotatable bonds is 7. The molecule has 1 rings (SSSR count).